The molecule has 0 fully saturated rings. The quantitative estimate of drug-likeness (QED) is 0.573. The van der Waals surface area contributed by atoms with Crippen LogP contribution in [0.4, 0.5) is 18.9 Å². The van der Waals surface area contributed by atoms with Crippen molar-refractivity contribution in [2.24, 2.45) is 0 Å². The van der Waals surface area contributed by atoms with Crippen molar-refractivity contribution >= 4 is 5.69 Å². The molecule has 9 heteroatoms. The topological polar surface area (TPSA) is 89.0 Å². The third-order valence-electron chi connectivity index (χ3n) is 1.33. The number of rotatable bonds is 2. The number of ether oxygens (including phenoxy) is 1. The number of aromatic nitrogens is 1. The molecular weight excluding hydrogens is 231 g/mol. The van der Waals surface area contributed by atoms with Gasteiger partial charge in [0.25, 0.3) is 5.69 Å². The molecular formula is C7H2F3N3O3. The first-order chi connectivity index (χ1) is 7.31. The van der Waals surface area contributed by atoms with E-state index in [0.717, 1.165) is 6.07 Å². The van der Waals surface area contributed by atoms with Crippen LogP contribution in [0.2, 0.25) is 0 Å². The van der Waals surface area contributed by atoms with Crippen LogP contribution in [0.3, 0.4) is 0 Å². The molecule has 0 saturated heterocycles. The summed E-state index contributed by atoms with van der Waals surface area (Å²) >= 11 is 0. The van der Waals surface area contributed by atoms with Crippen LogP contribution in [0.5, 0.6) is 5.88 Å². The lowest BCUT2D eigenvalue weighted by molar-refractivity contribution is -0.385. The lowest BCUT2D eigenvalue weighted by Crippen LogP contribution is -2.18. The Kier molecular flexibility index (Phi) is 2.94. The predicted octanol–water partition coefficient (Wildman–Crippen LogP) is 1.76. The van der Waals surface area contributed by atoms with E-state index in [9.17, 15) is 23.3 Å². The highest BCUT2D eigenvalue weighted by molar-refractivity contribution is 5.40. The van der Waals surface area contributed by atoms with Gasteiger partial charge in [-0.05, 0) is 0 Å². The average molecular weight is 233 g/mol. The van der Waals surface area contributed by atoms with Crippen molar-refractivity contribution in [2.75, 3.05) is 0 Å². The van der Waals surface area contributed by atoms with Crippen LogP contribution in [0.15, 0.2) is 12.1 Å². The van der Waals surface area contributed by atoms with Gasteiger partial charge in [0.05, 0.1) is 17.1 Å². The van der Waals surface area contributed by atoms with Gasteiger partial charge < -0.3 is 4.74 Å². The first kappa shape index (κ1) is 11.7. The summed E-state index contributed by atoms with van der Waals surface area (Å²) in [5.41, 5.74) is -1.24. The molecule has 1 rings (SSSR count). The third-order valence-corrected chi connectivity index (χ3v) is 1.33. The van der Waals surface area contributed by atoms with Crippen molar-refractivity contribution in [2.45, 2.75) is 6.36 Å². The Hall–Kier alpha value is -2.37. The van der Waals surface area contributed by atoms with Gasteiger partial charge in [0, 0.05) is 0 Å². The molecule has 16 heavy (non-hydrogen) atoms. The Labute approximate surface area is 86.0 Å². The normalized spacial score (nSPS) is 10.6. The Balaban J connectivity index is 3.16. The van der Waals surface area contributed by atoms with Crippen LogP contribution in [-0.2, 0) is 0 Å². The van der Waals surface area contributed by atoms with Crippen LogP contribution in [-0.4, -0.2) is 16.3 Å². The first-order valence-corrected chi connectivity index (χ1v) is 3.64. The number of nitrogens with zero attached hydrogens (tertiary/aromatic N) is 3. The van der Waals surface area contributed by atoms with Crippen LogP contribution in [0.25, 0.3) is 0 Å². The lowest BCUT2D eigenvalue weighted by Gasteiger charge is -2.07. The highest BCUT2D eigenvalue weighted by atomic mass is 19.4. The number of nitriles is 1. The van der Waals surface area contributed by atoms with E-state index in [4.69, 9.17) is 5.26 Å². The highest BCUT2D eigenvalue weighted by Gasteiger charge is 2.32. The van der Waals surface area contributed by atoms with Crippen LogP contribution in [0, 0.1) is 21.4 Å². The molecule has 0 N–H and O–H groups in total. The summed E-state index contributed by atoms with van der Waals surface area (Å²) in [7, 11) is 0. The van der Waals surface area contributed by atoms with Crippen molar-refractivity contribution < 1.29 is 22.8 Å². The molecule has 1 aromatic rings. The summed E-state index contributed by atoms with van der Waals surface area (Å²) in [4.78, 5) is 12.5. The summed E-state index contributed by atoms with van der Waals surface area (Å²) < 4.78 is 38.8. The number of nitro groups is 1. The summed E-state index contributed by atoms with van der Waals surface area (Å²) in [6.07, 6.45) is -5.02. The zero-order valence-corrected chi connectivity index (χ0v) is 7.35. The molecule has 0 aliphatic carbocycles. The molecule has 84 valence electrons. The molecule has 0 aliphatic rings. The number of alkyl halides is 3. The van der Waals surface area contributed by atoms with Gasteiger partial charge in [-0.3, -0.25) is 10.1 Å². The number of halogens is 3. The van der Waals surface area contributed by atoms with Gasteiger partial charge in [0.15, 0.2) is 5.69 Å². The molecule has 0 aromatic carbocycles. The van der Waals surface area contributed by atoms with Gasteiger partial charge in [-0.2, -0.15) is 5.26 Å². The first-order valence-electron chi connectivity index (χ1n) is 3.64. The Morgan fingerprint density at radius 2 is 2.12 bits per heavy atom. The van der Waals surface area contributed by atoms with Crippen LogP contribution >= 0.6 is 0 Å². The zero-order valence-electron chi connectivity index (χ0n) is 7.35. The van der Waals surface area contributed by atoms with Gasteiger partial charge in [0.1, 0.15) is 6.07 Å². The SMILES string of the molecule is N#Cc1cc([N+](=O)[O-])cc(OC(F)(F)F)n1. The second-order valence-electron chi connectivity index (χ2n) is 2.47. The second-order valence-corrected chi connectivity index (χ2v) is 2.47. The van der Waals surface area contributed by atoms with E-state index in [1.165, 1.54) is 6.07 Å². The molecule has 1 aromatic heterocycles. The maximum Gasteiger partial charge on any atom is 0.574 e. The van der Waals surface area contributed by atoms with Gasteiger partial charge in [-0.15, -0.1) is 13.2 Å². The number of pyridine rings is 1. The van der Waals surface area contributed by atoms with E-state index < -0.39 is 28.5 Å². The monoisotopic (exact) mass is 233 g/mol. The Bertz CT molecular complexity index is 466. The smallest absolute Gasteiger partial charge is 0.388 e. The van der Waals surface area contributed by atoms with Gasteiger partial charge in [-0.1, -0.05) is 0 Å². The van der Waals surface area contributed by atoms with Gasteiger partial charge in [0.2, 0.25) is 5.88 Å². The van der Waals surface area contributed by atoms with Crippen molar-refractivity contribution in [3.63, 3.8) is 0 Å². The van der Waals surface area contributed by atoms with Crippen LogP contribution in [0.1, 0.15) is 5.69 Å². The molecule has 6 nitrogen and oxygen atoms in total. The zero-order chi connectivity index (χ0) is 12.3. The molecule has 0 amide bonds. The third kappa shape index (κ3) is 3.09. The molecule has 0 aliphatic heterocycles. The Morgan fingerprint density at radius 3 is 2.56 bits per heavy atom. The molecule has 0 saturated carbocycles. The van der Waals surface area contributed by atoms with Gasteiger partial charge in [-0.25, -0.2) is 4.98 Å². The minimum Gasteiger partial charge on any atom is -0.388 e. The number of hydrogen-bond donors (Lipinski definition) is 0. The fourth-order valence-electron chi connectivity index (χ4n) is 0.825. The molecule has 0 bridgehead atoms. The lowest BCUT2D eigenvalue weighted by atomic mass is 10.3. The fraction of sp³-hybridized carbons (Fsp3) is 0.143. The minimum atomic E-state index is -5.02. The molecule has 1 heterocycles. The van der Waals surface area contributed by atoms with E-state index in [0.29, 0.717) is 6.07 Å². The summed E-state index contributed by atoms with van der Waals surface area (Å²) in [6.45, 7) is 0. The summed E-state index contributed by atoms with van der Waals surface area (Å²) in [5, 5.41) is 18.7. The molecule has 0 radical (unpaired) electrons. The highest BCUT2D eigenvalue weighted by Crippen LogP contribution is 2.24. The second kappa shape index (κ2) is 4.01. The van der Waals surface area contributed by atoms with E-state index >= 15 is 0 Å². The van der Waals surface area contributed by atoms with Crippen molar-refractivity contribution in [1.82, 2.24) is 4.98 Å². The maximum atomic E-state index is 11.8. The average Bonchev–Trinajstić information content (AvgIpc) is 2.14. The number of hydrogen-bond acceptors (Lipinski definition) is 5. The predicted molar refractivity (Wildman–Crippen MR) is 42.3 cm³/mol. The van der Waals surface area contributed by atoms with Crippen molar-refractivity contribution in [3.8, 4) is 11.9 Å². The van der Waals surface area contributed by atoms with Crippen molar-refractivity contribution in [3.05, 3.63) is 27.9 Å². The van der Waals surface area contributed by atoms with E-state index in [1.807, 2.05) is 0 Å². The van der Waals surface area contributed by atoms with Gasteiger partial charge >= 0.3 is 6.36 Å². The molecule has 0 atom stereocenters. The van der Waals surface area contributed by atoms with Crippen molar-refractivity contribution in [1.29, 1.82) is 5.26 Å². The minimum absolute atomic E-state index is 0.480. The maximum absolute atomic E-state index is 11.8. The standard InChI is InChI=1S/C7H2F3N3O3/c8-7(9,10)16-6-2-5(13(14)15)1-4(3-11)12-6/h1-2H. The van der Waals surface area contributed by atoms with E-state index in [2.05, 4.69) is 9.72 Å². The van der Waals surface area contributed by atoms with E-state index in [-0.39, 0.29) is 0 Å². The molecule has 0 unspecified atom stereocenters. The summed E-state index contributed by atoms with van der Waals surface area (Å²) in [5.74, 6) is -1.04. The largest absolute Gasteiger partial charge is 0.574 e. The fourth-order valence-corrected chi connectivity index (χ4v) is 0.825. The van der Waals surface area contributed by atoms with Crippen LogP contribution < -0.4 is 4.74 Å². The molecule has 0 spiro atoms. The van der Waals surface area contributed by atoms with E-state index in [1.54, 1.807) is 0 Å². The summed E-state index contributed by atoms with van der Waals surface area (Å²) in [6, 6.07) is 2.61. The Morgan fingerprint density at radius 1 is 1.50 bits per heavy atom.